The molecule has 25 heavy (non-hydrogen) atoms. The van der Waals surface area contributed by atoms with E-state index in [0.29, 0.717) is 24.3 Å². The van der Waals surface area contributed by atoms with Crippen LogP contribution < -0.4 is 15.5 Å². The largest absolute Gasteiger partial charge is 0.453 e. The molecule has 6 nitrogen and oxygen atoms in total. The number of carbonyl (C=O) groups excluding carboxylic acids is 2. The molecular formula is C18H18FN3O3. The lowest BCUT2D eigenvalue weighted by molar-refractivity contribution is -0.117. The molecule has 2 aromatic rings. The molecule has 0 unspecified atom stereocenters. The summed E-state index contributed by atoms with van der Waals surface area (Å²) in [4.78, 5) is 25.2. The van der Waals surface area contributed by atoms with Gasteiger partial charge in [-0.3, -0.25) is 10.1 Å². The highest BCUT2D eigenvalue weighted by molar-refractivity contribution is 6.01. The van der Waals surface area contributed by atoms with Crippen molar-refractivity contribution < 1.29 is 18.7 Å². The van der Waals surface area contributed by atoms with Crippen LogP contribution in [0.1, 0.15) is 6.42 Å². The van der Waals surface area contributed by atoms with Gasteiger partial charge in [0.1, 0.15) is 11.9 Å². The van der Waals surface area contributed by atoms with Crippen LogP contribution in [-0.2, 0) is 9.53 Å². The Labute approximate surface area is 144 Å². The second kappa shape index (κ2) is 7.21. The predicted molar refractivity (Wildman–Crippen MR) is 93.3 cm³/mol. The van der Waals surface area contributed by atoms with Gasteiger partial charge in [-0.2, -0.15) is 0 Å². The minimum atomic E-state index is -0.549. The first kappa shape index (κ1) is 16.8. The van der Waals surface area contributed by atoms with Crippen molar-refractivity contribution in [2.45, 2.75) is 12.5 Å². The van der Waals surface area contributed by atoms with Crippen molar-refractivity contribution in [2.75, 3.05) is 29.2 Å². The van der Waals surface area contributed by atoms with Crippen molar-refractivity contribution in [1.29, 1.82) is 0 Å². The van der Waals surface area contributed by atoms with Gasteiger partial charge in [-0.25, -0.2) is 9.18 Å². The van der Waals surface area contributed by atoms with Crippen molar-refractivity contribution >= 4 is 29.1 Å². The summed E-state index contributed by atoms with van der Waals surface area (Å²) in [5, 5.41) is 5.70. The number of halogens is 1. The van der Waals surface area contributed by atoms with Crippen LogP contribution in [-0.4, -0.2) is 31.7 Å². The van der Waals surface area contributed by atoms with Crippen LogP contribution in [0.5, 0.6) is 0 Å². The number of methoxy groups -OCH3 is 1. The van der Waals surface area contributed by atoms with Gasteiger partial charge in [0.25, 0.3) is 0 Å². The Bertz CT molecular complexity index is 779. The molecule has 2 aromatic carbocycles. The van der Waals surface area contributed by atoms with E-state index in [-0.39, 0.29) is 5.91 Å². The molecule has 1 atom stereocenters. The molecule has 3 rings (SSSR count). The van der Waals surface area contributed by atoms with Crippen molar-refractivity contribution in [1.82, 2.24) is 0 Å². The second-order valence-electron chi connectivity index (χ2n) is 5.62. The van der Waals surface area contributed by atoms with Gasteiger partial charge < -0.3 is 15.0 Å². The van der Waals surface area contributed by atoms with Crippen molar-refractivity contribution in [3.63, 3.8) is 0 Å². The topological polar surface area (TPSA) is 70.7 Å². The molecule has 130 valence electrons. The maximum absolute atomic E-state index is 13.9. The zero-order valence-corrected chi connectivity index (χ0v) is 13.7. The quantitative estimate of drug-likeness (QED) is 0.894. The van der Waals surface area contributed by atoms with Crippen molar-refractivity contribution in [2.24, 2.45) is 0 Å². The molecule has 2 amide bonds. The molecular weight excluding hydrogens is 325 g/mol. The summed E-state index contributed by atoms with van der Waals surface area (Å²) in [6.07, 6.45) is 0.0298. The molecule has 1 heterocycles. The van der Waals surface area contributed by atoms with Crippen LogP contribution in [0.25, 0.3) is 0 Å². The number of carbonyl (C=O) groups is 2. The van der Waals surface area contributed by atoms with Crippen molar-refractivity contribution in [3.8, 4) is 0 Å². The normalized spacial score (nSPS) is 16.6. The number of para-hydroxylation sites is 1. The first-order chi connectivity index (χ1) is 12.1. The molecule has 1 saturated heterocycles. The van der Waals surface area contributed by atoms with E-state index in [1.165, 1.54) is 18.1 Å². The molecule has 7 heteroatoms. The lowest BCUT2D eigenvalue weighted by Gasteiger charge is -2.18. The Morgan fingerprint density at radius 3 is 2.52 bits per heavy atom. The highest BCUT2D eigenvalue weighted by Gasteiger charge is 2.33. The zero-order chi connectivity index (χ0) is 17.8. The third kappa shape index (κ3) is 3.71. The van der Waals surface area contributed by atoms with Gasteiger partial charge in [-0.1, -0.05) is 12.1 Å². The van der Waals surface area contributed by atoms with E-state index in [0.717, 1.165) is 5.69 Å². The van der Waals surface area contributed by atoms with Gasteiger partial charge in [0.15, 0.2) is 0 Å². The number of rotatable bonds is 4. The standard InChI is InChI=1S/C18H18FN3O3/c1-25-18(24)21-13-8-6-12(7-9-13)20-15-10-11-22(17(15)23)16-5-3-2-4-14(16)19/h2-9,15,20H,10-11H2,1H3,(H,21,24)/t15-/m0/s1. The van der Waals surface area contributed by atoms with E-state index >= 15 is 0 Å². The van der Waals surface area contributed by atoms with Crippen LogP contribution in [0.4, 0.5) is 26.2 Å². The average molecular weight is 343 g/mol. The fourth-order valence-electron chi connectivity index (χ4n) is 2.74. The molecule has 0 saturated carbocycles. The number of amides is 2. The van der Waals surface area contributed by atoms with Gasteiger partial charge in [0, 0.05) is 17.9 Å². The number of benzene rings is 2. The summed E-state index contributed by atoms with van der Waals surface area (Å²) in [5.41, 5.74) is 1.63. The molecule has 0 bridgehead atoms. The predicted octanol–water partition coefficient (Wildman–Crippen LogP) is 3.22. The Kier molecular flexibility index (Phi) is 4.83. The average Bonchev–Trinajstić information content (AvgIpc) is 2.97. The minimum Gasteiger partial charge on any atom is -0.453 e. The highest BCUT2D eigenvalue weighted by Crippen LogP contribution is 2.26. The molecule has 1 aliphatic heterocycles. The Hall–Kier alpha value is -3.09. The maximum atomic E-state index is 13.9. The van der Waals surface area contributed by atoms with Crippen LogP contribution >= 0.6 is 0 Å². The summed E-state index contributed by atoms with van der Waals surface area (Å²) in [6, 6.07) is 12.7. The van der Waals surface area contributed by atoms with Crippen LogP contribution in [0.15, 0.2) is 48.5 Å². The van der Waals surface area contributed by atoms with Crippen molar-refractivity contribution in [3.05, 3.63) is 54.3 Å². The van der Waals surface area contributed by atoms with Gasteiger partial charge >= 0.3 is 6.09 Å². The first-order valence-electron chi connectivity index (χ1n) is 7.86. The van der Waals surface area contributed by atoms with E-state index in [1.807, 2.05) is 0 Å². The van der Waals surface area contributed by atoms with E-state index < -0.39 is 18.0 Å². The number of anilines is 3. The minimum absolute atomic E-state index is 0.165. The molecule has 0 aliphatic carbocycles. The monoisotopic (exact) mass is 343 g/mol. The third-order valence-electron chi connectivity index (χ3n) is 4.01. The fourth-order valence-corrected chi connectivity index (χ4v) is 2.74. The Morgan fingerprint density at radius 1 is 1.16 bits per heavy atom. The first-order valence-corrected chi connectivity index (χ1v) is 7.86. The fraction of sp³-hybridized carbons (Fsp3) is 0.222. The smallest absolute Gasteiger partial charge is 0.411 e. The number of hydrogen-bond acceptors (Lipinski definition) is 4. The lowest BCUT2D eigenvalue weighted by atomic mass is 10.2. The van der Waals surface area contributed by atoms with E-state index in [2.05, 4.69) is 15.4 Å². The van der Waals surface area contributed by atoms with E-state index in [9.17, 15) is 14.0 Å². The molecule has 2 N–H and O–H groups in total. The summed E-state index contributed by atoms with van der Waals surface area (Å²) in [5.74, 6) is -0.573. The number of nitrogens with one attached hydrogen (secondary N) is 2. The highest BCUT2D eigenvalue weighted by atomic mass is 19.1. The lowest BCUT2D eigenvalue weighted by Crippen LogP contribution is -2.33. The van der Waals surface area contributed by atoms with Gasteiger partial charge in [-0.05, 0) is 42.8 Å². The number of nitrogens with zero attached hydrogens (tertiary/aromatic N) is 1. The Morgan fingerprint density at radius 2 is 1.84 bits per heavy atom. The maximum Gasteiger partial charge on any atom is 0.411 e. The summed E-state index contributed by atoms with van der Waals surface area (Å²) in [7, 11) is 1.29. The molecule has 0 aromatic heterocycles. The molecule has 0 radical (unpaired) electrons. The SMILES string of the molecule is COC(=O)Nc1ccc(N[C@H]2CCN(c3ccccc3F)C2=O)cc1. The van der Waals surface area contributed by atoms with Crippen LogP contribution in [0.2, 0.25) is 0 Å². The Balaban J connectivity index is 1.65. The molecule has 0 spiro atoms. The summed E-state index contributed by atoms with van der Waals surface area (Å²) in [6.45, 7) is 0.458. The van der Waals surface area contributed by atoms with Gasteiger partial charge in [0.2, 0.25) is 5.91 Å². The van der Waals surface area contributed by atoms with Gasteiger partial charge in [0.05, 0.1) is 12.8 Å². The van der Waals surface area contributed by atoms with Crippen LogP contribution in [0, 0.1) is 5.82 Å². The molecule has 1 aliphatic rings. The third-order valence-corrected chi connectivity index (χ3v) is 4.01. The van der Waals surface area contributed by atoms with E-state index in [1.54, 1.807) is 42.5 Å². The summed E-state index contributed by atoms with van der Waals surface area (Å²) < 4.78 is 18.4. The number of hydrogen-bond donors (Lipinski definition) is 2. The second-order valence-corrected chi connectivity index (χ2v) is 5.62. The van der Waals surface area contributed by atoms with Crippen LogP contribution in [0.3, 0.4) is 0 Å². The number of ether oxygens (including phenoxy) is 1. The zero-order valence-electron chi connectivity index (χ0n) is 13.7. The molecule has 1 fully saturated rings. The van der Waals surface area contributed by atoms with E-state index in [4.69, 9.17) is 0 Å². The summed E-state index contributed by atoms with van der Waals surface area (Å²) >= 11 is 0. The van der Waals surface area contributed by atoms with Gasteiger partial charge in [-0.15, -0.1) is 0 Å².